The maximum absolute atomic E-state index is 4.57. The van der Waals surface area contributed by atoms with Gasteiger partial charge in [0.25, 0.3) is 0 Å². The van der Waals surface area contributed by atoms with Crippen LogP contribution in [-0.2, 0) is 6.54 Å². The van der Waals surface area contributed by atoms with Gasteiger partial charge in [-0.2, -0.15) is 4.98 Å². The summed E-state index contributed by atoms with van der Waals surface area (Å²) in [7, 11) is 3.99. The van der Waals surface area contributed by atoms with Gasteiger partial charge in [-0.1, -0.05) is 28.1 Å². The van der Waals surface area contributed by atoms with Gasteiger partial charge in [0.15, 0.2) is 0 Å². The van der Waals surface area contributed by atoms with Crippen molar-refractivity contribution in [3.05, 3.63) is 46.6 Å². The number of halogens is 1. The van der Waals surface area contributed by atoms with Crippen LogP contribution in [0, 0.1) is 0 Å². The molecule has 2 aromatic rings. The van der Waals surface area contributed by atoms with E-state index in [1.54, 1.807) is 0 Å². The first-order valence-electron chi connectivity index (χ1n) is 8.34. The van der Waals surface area contributed by atoms with Gasteiger partial charge in [0, 0.05) is 43.9 Å². The third-order valence-corrected chi connectivity index (χ3v) is 4.73. The Morgan fingerprint density at radius 3 is 3.00 bits per heavy atom. The van der Waals surface area contributed by atoms with Crippen molar-refractivity contribution in [2.45, 2.75) is 25.4 Å². The van der Waals surface area contributed by atoms with Crippen LogP contribution >= 0.6 is 15.9 Å². The van der Waals surface area contributed by atoms with Crippen LogP contribution in [0.4, 0.5) is 11.8 Å². The van der Waals surface area contributed by atoms with Gasteiger partial charge in [-0.25, -0.2) is 4.98 Å². The predicted octanol–water partition coefficient (Wildman–Crippen LogP) is 3.38. The van der Waals surface area contributed by atoms with Crippen LogP contribution in [-0.4, -0.2) is 48.1 Å². The first-order chi connectivity index (χ1) is 11.6. The molecule has 0 aliphatic carbocycles. The number of nitrogens with one attached hydrogen (secondary N) is 1. The molecular formula is C18H24BrN5. The zero-order chi connectivity index (χ0) is 16.9. The highest BCUT2D eigenvalue weighted by atomic mass is 79.9. The number of anilines is 2. The Bertz CT molecular complexity index is 676. The fourth-order valence-electron chi connectivity index (χ4n) is 3.06. The second kappa shape index (κ2) is 7.94. The Balaban J connectivity index is 1.60. The molecule has 1 aromatic carbocycles. The Morgan fingerprint density at radius 1 is 1.33 bits per heavy atom. The third kappa shape index (κ3) is 4.68. The van der Waals surface area contributed by atoms with Crippen LogP contribution in [0.5, 0.6) is 0 Å². The van der Waals surface area contributed by atoms with E-state index in [4.69, 9.17) is 0 Å². The molecule has 0 bridgehead atoms. The van der Waals surface area contributed by atoms with E-state index in [2.05, 4.69) is 60.4 Å². The van der Waals surface area contributed by atoms with E-state index in [1.165, 1.54) is 12.0 Å². The van der Waals surface area contributed by atoms with Crippen molar-refractivity contribution in [3.63, 3.8) is 0 Å². The molecule has 1 unspecified atom stereocenters. The van der Waals surface area contributed by atoms with E-state index in [0.29, 0.717) is 6.04 Å². The number of piperidine rings is 1. The second-order valence-electron chi connectivity index (χ2n) is 6.48. The minimum Gasteiger partial charge on any atom is -0.363 e. The molecule has 1 N–H and O–H groups in total. The molecule has 1 aliphatic heterocycles. The van der Waals surface area contributed by atoms with Gasteiger partial charge in [-0.3, -0.25) is 4.90 Å². The number of rotatable bonds is 5. The summed E-state index contributed by atoms with van der Waals surface area (Å²) in [5.74, 6) is 1.64. The molecule has 0 saturated carbocycles. The van der Waals surface area contributed by atoms with E-state index >= 15 is 0 Å². The molecule has 0 radical (unpaired) electrons. The fourth-order valence-corrected chi connectivity index (χ4v) is 3.51. The van der Waals surface area contributed by atoms with Crippen molar-refractivity contribution in [1.82, 2.24) is 14.9 Å². The normalized spacial score (nSPS) is 18.4. The van der Waals surface area contributed by atoms with Gasteiger partial charge in [-0.05, 0) is 43.1 Å². The standard InChI is InChI=1S/C18H24BrN5/c1-23(2)17-8-9-20-18(22-17)21-16-7-4-10-24(13-16)12-14-5-3-6-15(19)11-14/h3,5-6,8-9,11,16H,4,7,10,12-13H2,1-2H3,(H,20,21,22). The number of hydrogen-bond acceptors (Lipinski definition) is 5. The summed E-state index contributed by atoms with van der Waals surface area (Å²) < 4.78 is 1.14. The summed E-state index contributed by atoms with van der Waals surface area (Å²) in [5, 5.41) is 3.50. The van der Waals surface area contributed by atoms with Gasteiger partial charge >= 0.3 is 0 Å². The van der Waals surface area contributed by atoms with Crippen molar-refractivity contribution in [2.24, 2.45) is 0 Å². The van der Waals surface area contributed by atoms with E-state index in [-0.39, 0.29) is 0 Å². The van der Waals surface area contributed by atoms with Gasteiger partial charge in [-0.15, -0.1) is 0 Å². The maximum atomic E-state index is 4.57. The van der Waals surface area contributed by atoms with E-state index in [1.807, 2.05) is 31.3 Å². The molecule has 6 heteroatoms. The second-order valence-corrected chi connectivity index (χ2v) is 7.40. The molecule has 1 aromatic heterocycles. The summed E-state index contributed by atoms with van der Waals surface area (Å²) in [5.41, 5.74) is 1.34. The summed E-state index contributed by atoms with van der Waals surface area (Å²) in [6.07, 6.45) is 4.16. The smallest absolute Gasteiger partial charge is 0.224 e. The molecule has 0 amide bonds. The average Bonchev–Trinajstić information content (AvgIpc) is 2.55. The van der Waals surface area contributed by atoms with Crippen LogP contribution in [0.1, 0.15) is 18.4 Å². The Morgan fingerprint density at radius 2 is 2.21 bits per heavy atom. The zero-order valence-electron chi connectivity index (χ0n) is 14.2. The van der Waals surface area contributed by atoms with E-state index < -0.39 is 0 Å². The number of nitrogens with zero attached hydrogens (tertiary/aromatic N) is 4. The summed E-state index contributed by atoms with van der Waals surface area (Å²) in [6, 6.07) is 10.9. The average molecular weight is 390 g/mol. The Kier molecular flexibility index (Phi) is 5.68. The highest BCUT2D eigenvalue weighted by Crippen LogP contribution is 2.19. The fraction of sp³-hybridized carbons (Fsp3) is 0.444. The van der Waals surface area contributed by atoms with Gasteiger partial charge < -0.3 is 10.2 Å². The van der Waals surface area contributed by atoms with Crippen LogP contribution < -0.4 is 10.2 Å². The van der Waals surface area contributed by atoms with Crippen molar-refractivity contribution in [1.29, 1.82) is 0 Å². The first-order valence-corrected chi connectivity index (χ1v) is 9.13. The molecule has 2 heterocycles. The van der Waals surface area contributed by atoms with Crippen molar-refractivity contribution >= 4 is 27.7 Å². The predicted molar refractivity (Wildman–Crippen MR) is 102 cm³/mol. The molecule has 1 atom stereocenters. The van der Waals surface area contributed by atoms with Crippen molar-refractivity contribution < 1.29 is 0 Å². The Labute approximate surface area is 152 Å². The lowest BCUT2D eigenvalue weighted by Gasteiger charge is -2.33. The molecule has 1 fully saturated rings. The van der Waals surface area contributed by atoms with Gasteiger partial charge in [0.1, 0.15) is 5.82 Å². The molecule has 1 aliphatic rings. The topological polar surface area (TPSA) is 44.3 Å². The number of likely N-dealkylation sites (tertiary alicyclic amines) is 1. The van der Waals surface area contributed by atoms with E-state index in [0.717, 1.165) is 42.3 Å². The summed E-state index contributed by atoms with van der Waals surface area (Å²) in [6.45, 7) is 3.14. The van der Waals surface area contributed by atoms with Crippen LogP contribution in [0.25, 0.3) is 0 Å². The quantitative estimate of drug-likeness (QED) is 0.848. The van der Waals surface area contributed by atoms with Gasteiger partial charge in [0.2, 0.25) is 5.95 Å². The molecule has 0 spiro atoms. The van der Waals surface area contributed by atoms with E-state index in [9.17, 15) is 0 Å². The summed E-state index contributed by atoms with van der Waals surface area (Å²) >= 11 is 3.55. The molecule has 3 rings (SSSR count). The maximum Gasteiger partial charge on any atom is 0.224 e. The highest BCUT2D eigenvalue weighted by molar-refractivity contribution is 9.10. The van der Waals surface area contributed by atoms with Crippen molar-refractivity contribution in [2.75, 3.05) is 37.4 Å². The Hall–Kier alpha value is -1.66. The lowest BCUT2D eigenvalue weighted by molar-refractivity contribution is 0.208. The number of benzene rings is 1. The van der Waals surface area contributed by atoms with Gasteiger partial charge in [0.05, 0.1) is 0 Å². The zero-order valence-corrected chi connectivity index (χ0v) is 15.8. The third-order valence-electron chi connectivity index (χ3n) is 4.23. The molecular weight excluding hydrogens is 366 g/mol. The van der Waals surface area contributed by atoms with Crippen LogP contribution in [0.15, 0.2) is 41.0 Å². The minimum absolute atomic E-state index is 0.392. The lowest BCUT2D eigenvalue weighted by Crippen LogP contribution is -2.41. The highest BCUT2D eigenvalue weighted by Gasteiger charge is 2.20. The SMILES string of the molecule is CN(C)c1ccnc(NC2CCCN(Cc3cccc(Br)c3)C2)n1. The molecule has 24 heavy (non-hydrogen) atoms. The van der Waals surface area contributed by atoms with Crippen molar-refractivity contribution in [3.8, 4) is 0 Å². The number of hydrogen-bond donors (Lipinski definition) is 1. The van der Waals surface area contributed by atoms with Crippen LogP contribution in [0.2, 0.25) is 0 Å². The monoisotopic (exact) mass is 389 g/mol. The minimum atomic E-state index is 0.392. The largest absolute Gasteiger partial charge is 0.363 e. The molecule has 128 valence electrons. The molecule has 5 nitrogen and oxygen atoms in total. The lowest BCUT2D eigenvalue weighted by atomic mass is 10.0. The molecule has 1 saturated heterocycles. The number of aromatic nitrogens is 2. The first kappa shape index (κ1) is 17.2. The summed E-state index contributed by atoms with van der Waals surface area (Å²) in [4.78, 5) is 13.4. The van der Waals surface area contributed by atoms with Crippen LogP contribution in [0.3, 0.4) is 0 Å².